The van der Waals surface area contributed by atoms with Crippen molar-refractivity contribution < 1.29 is 14.4 Å². The number of nitrogens with zero attached hydrogens (tertiary/aromatic N) is 2. The predicted molar refractivity (Wildman–Crippen MR) is 82.6 cm³/mol. The van der Waals surface area contributed by atoms with E-state index in [1.165, 1.54) is 12.4 Å². The summed E-state index contributed by atoms with van der Waals surface area (Å²) in [5, 5.41) is 4.91. The van der Waals surface area contributed by atoms with Gasteiger partial charge in [-0.2, -0.15) is 0 Å². The summed E-state index contributed by atoms with van der Waals surface area (Å²) in [5.74, 6) is -1.02. The fraction of sp³-hybridized carbons (Fsp3) is 0.0625. The minimum atomic E-state index is -0.546. The van der Waals surface area contributed by atoms with Gasteiger partial charge in [0.05, 0.1) is 17.9 Å². The van der Waals surface area contributed by atoms with Gasteiger partial charge in [-0.25, -0.2) is 0 Å². The molecule has 0 aromatic carbocycles. The monoisotopic (exact) mass is 309 g/mol. The number of carbonyl (C=O) groups excluding carboxylic acids is 3. The molecule has 7 heteroatoms. The Hall–Kier alpha value is -3.35. The number of hydrogen-bond donors (Lipinski definition) is 2. The Labute approximate surface area is 132 Å². The van der Waals surface area contributed by atoms with Gasteiger partial charge < -0.3 is 10.6 Å². The molecule has 0 fully saturated rings. The summed E-state index contributed by atoms with van der Waals surface area (Å²) in [6, 6.07) is 9.99. The van der Waals surface area contributed by atoms with Crippen LogP contribution in [0.3, 0.4) is 0 Å². The lowest BCUT2D eigenvalue weighted by atomic mass is 10.2. The summed E-state index contributed by atoms with van der Waals surface area (Å²) in [6.45, 7) is -0.237. The maximum absolute atomic E-state index is 12.2. The molecule has 0 spiro atoms. The average molecular weight is 309 g/mol. The van der Waals surface area contributed by atoms with E-state index in [4.69, 9.17) is 0 Å². The predicted octanol–water partition coefficient (Wildman–Crippen LogP) is 0.473. The largest absolute Gasteiger partial charge is 0.345 e. The quantitative estimate of drug-likeness (QED) is 0.756. The first-order valence-electron chi connectivity index (χ1n) is 6.69. The second-order valence-electron chi connectivity index (χ2n) is 4.30. The van der Waals surface area contributed by atoms with E-state index < -0.39 is 11.8 Å². The highest BCUT2D eigenvalue weighted by atomic mass is 16.2. The van der Waals surface area contributed by atoms with Crippen molar-refractivity contribution in [2.75, 3.05) is 6.54 Å². The molecular weight excluding hydrogens is 296 g/mol. The van der Waals surface area contributed by atoms with E-state index in [1.54, 1.807) is 42.7 Å². The molecule has 23 heavy (non-hydrogen) atoms. The third-order valence-corrected chi connectivity index (χ3v) is 2.70. The van der Waals surface area contributed by atoms with Gasteiger partial charge in [0.1, 0.15) is 5.69 Å². The maximum atomic E-state index is 12.2. The Balaban J connectivity index is 2.24. The van der Waals surface area contributed by atoms with Crippen molar-refractivity contribution in [2.24, 2.45) is 0 Å². The average Bonchev–Trinajstić information content (AvgIpc) is 2.61. The van der Waals surface area contributed by atoms with E-state index in [2.05, 4.69) is 20.6 Å². The van der Waals surface area contributed by atoms with Gasteiger partial charge in [0, 0.05) is 18.5 Å². The lowest BCUT2D eigenvalue weighted by Gasteiger charge is -2.09. The van der Waals surface area contributed by atoms with E-state index in [0.29, 0.717) is 5.69 Å². The van der Waals surface area contributed by atoms with Crippen LogP contribution in [0.2, 0.25) is 0 Å². The molecule has 2 rings (SSSR count). The first kappa shape index (κ1) is 16.0. The number of hydrogen-bond acceptors (Lipinski definition) is 5. The van der Waals surface area contributed by atoms with Crippen LogP contribution in [-0.2, 0) is 9.59 Å². The SMILES string of the molecule is O=[C]CNC(=O)C=C(NC(=O)c1ccccn1)c1ccccn1. The van der Waals surface area contributed by atoms with Crippen LogP contribution in [0.25, 0.3) is 5.70 Å². The number of rotatable bonds is 6. The number of carbonyl (C=O) groups is 2. The fourth-order valence-electron chi connectivity index (χ4n) is 1.68. The van der Waals surface area contributed by atoms with E-state index in [9.17, 15) is 14.4 Å². The minimum Gasteiger partial charge on any atom is -0.345 e. The topological polar surface area (TPSA) is 101 Å². The summed E-state index contributed by atoms with van der Waals surface area (Å²) >= 11 is 0. The molecule has 2 N–H and O–H groups in total. The van der Waals surface area contributed by atoms with E-state index in [0.717, 1.165) is 6.08 Å². The van der Waals surface area contributed by atoms with Crippen LogP contribution in [0.5, 0.6) is 0 Å². The minimum absolute atomic E-state index is 0.199. The number of amides is 2. The maximum Gasteiger partial charge on any atom is 0.274 e. The highest BCUT2D eigenvalue weighted by molar-refractivity contribution is 6.02. The van der Waals surface area contributed by atoms with Gasteiger partial charge in [0.25, 0.3) is 5.91 Å². The number of nitrogens with one attached hydrogen (secondary N) is 2. The second-order valence-corrected chi connectivity index (χ2v) is 4.30. The van der Waals surface area contributed by atoms with Crippen LogP contribution in [-0.4, -0.2) is 34.6 Å². The fourth-order valence-corrected chi connectivity index (χ4v) is 1.68. The van der Waals surface area contributed by atoms with Gasteiger partial charge in [0.15, 0.2) is 0 Å². The van der Waals surface area contributed by atoms with Crippen molar-refractivity contribution >= 4 is 23.8 Å². The highest BCUT2D eigenvalue weighted by Gasteiger charge is 2.12. The van der Waals surface area contributed by atoms with Crippen LogP contribution in [0.15, 0.2) is 54.9 Å². The van der Waals surface area contributed by atoms with Gasteiger partial charge in [-0.05, 0) is 24.3 Å². The van der Waals surface area contributed by atoms with Crippen LogP contribution >= 0.6 is 0 Å². The van der Waals surface area contributed by atoms with Gasteiger partial charge >= 0.3 is 0 Å². The van der Waals surface area contributed by atoms with E-state index in [1.807, 2.05) is 0 Å². The first-order chi connectivity index (χ1) is 11.2. The Morgan fingerprint density at radius 1 is 1.04 bits per heavy atom. The summed E-state index contributed by atoms with van der Waals surface area (Å²) in [5.41, 5.74) is 0.808. The Bertz CT molecular complexity index is 715. The zero-order valence-corrected chi connectivity index (χ0v) is 12.0. The normalized spacial score (nSPS) is 10.7. The van der Waals surface area contributed by atoms with E-state index in [-0.39, 0.29) is 17.9 Å². The summed E-state index contributed by atoms with van der Waals surface area (Å²) in [4.78, 5) is 42.1. The number of aromatic nitrogens is 2. The van der Waals surface area contributed by atoms with Crippen LogP contribution in [0.1, 0.15) is 16.2 Å². The van der Waals surface area contributed by atoms with Crippen molar-refractivity contribution in [3.8, 4) is 0 Å². The Morgan fingerprint density at radius 2 is 1.70 bits per heavy atom. The van der Waals surface area contributed by atoms with Gasteiger partial charge in [-0.3, -0.25) is 24.4 Å². The zero-order chi connectivity index (χ0) is 16.5. The highest BCUT2D eigenvalue weighted by Crippen LogP contribution is 2.08. The summed E-state index contributed by atoms with van der Waals surface area (Å²) < 4.78 is 0. The molecule has 2 heterocycles. The molecule has 2 amide bonds. The molecule has 0 unspecified atom stereocenters. The van der Waals surface area contributed by atoms with Gasteiger partial charge in [0.2, 0.25) is 12.2 Å². The second kappa shape index (κ2) is 8.18. The third-order valence-electron chi connectivity index (χ3n) is 2.70. The Kier molecular flexibility index (Phi) is 5.70. The Morgan fingerprint density at radius 3 is 2.26 bits per heavy atom. The molecule has 0 atom stereocenters. The smallest absolute Gasteiger partial charge is 0.274 e. The molecule has 0 bridgehead atoms. The van der Waals surface area contributed by atoms with Crippen LogP contribution in [0, 0.1) is 0 Å². The zero-order valence-electron chi connectivity index (χ0n) is 12.0. The molecule has 2 aromatic heterocycles. The van der Waals surface area contributed by atoms with Crippen molar-refractivity contribution in [3.63, 3.8) is 0 Å². The van der Waals surface area contributed by atoms with Crippen LogP contribution in [0.4, 0.5) is 0 Å². The number of pyridine rings is 2. The van der Waals surface area contributed by atoms with Gasteiger partial charge in [-0.15, -0.1) is 0 Å². The van der Waals surface area contributed by atoms with E-state index >= 15 is 0 Å². The van der Waals surface area contributed by atoms with Crippen molar-refractivity contribution in [1.29, 1.82) is 0 Å². The molecule has 0 saturated carbocycles. The third kappa shape index (κ3) is 4.85. The van der Waals surface area contributed by atoms with Crippen molar-refractivity contribution in [2.45, 2.75) is 0 Å². The standard InChI is InChI=1S/C16H13N4O3/c21-10-9-19-15(22)11-14(12-5-1-3-7-17-12)20-16(23)13-6-2-4-8-18-13/h1-8,11H,9H2,(H,19,22)(H,20,23). The first-order valence-corrected chi connectivity index (χ1v) is 6.69. The molecule has 1 radical (unpaired) electrons. The summed E-state index contributed by atoms with van der Waals surface area (Å²) in [6.07, 6.45) is 5.73. The molecule has 0 saturated heterocycles. The van der Waals surface area contributed by atoms with Gasteiger partial charge in [-0.1, -0.05) is 12.1 Å². The molecule has 0 aliphatic carbocycles. The molecule has 0 aliphatic rings. The molecule has 2 aromatic rings. The van der Waals surface area contributed by atoms with Crippen molar-refractivity contribution in [3.05, 3.63) is 66.3 Å². The molecule has 0 aliphatic heterocycles. The van der Waals surface area contributed by atoms with Crippen molar-refractivity contribution in [1.82, 2.24) is 20.6 Å². The molecule has 7 nitrogen and oxygen atoms in total. The molecular formula is C16H13N4O3. The molecule has 115 valence electrons. The lowest BCUT2D eigenvalue weighted by Crippen LogP contribution is -2.27. The lowest BCUT2D eigenvalue weighted by molar-refractivity contribution is -0.116. The van der Waals surface area contributed by atoms with Crippen LogP contribution < -0.4 is 10.6 Å². The summed E-state index contributed by atoms with van der Waals surface area (Å²) in [7, 11) is 0.